The topological polar surface area (TPSA) is 105 Å². The number of nitrogens with two attached hydrogens (primary N) is 1. The third-order valence-corrected chi connectivity index (χ3v) is 5.43. The molecule has 4 N–H and O–H groups in total. The molecule has 0 saturated carbocycles. The quantitative estimate of drug-likeness (QED) is 0.675. The van der Waals surface area contributed by atoms with Crippen LogP contribution in [-0.2, 0) is 9.59 Å². The maximum absolute atomic E-state index is 12.6. The molecule has 2 rings (SSSR count). The van der Waals surface area contributed by atoms with E-state index in [4.69, 9.17) is 5.73 Å². The Morgan fingerprint density at radius 1 is 1.22 bits per heavy atom. The number of aryl methyl sites for hydroxylation is 1. The molecule has 0 unspecified atom stereocenters. The van der Waals surface area contributed by atoms with E-state index in [1.165, 1.54) is 0 Å². The van der Waals surface area contributed by atoms with Crippen LogP contribution in [0, 0.1) is 12.8 Å². The Bertz CT molecular complexity index is 702. The van der Waals surface area contributed by atoms with Crippen molar-refractivity contribution in [3.8, 4) is 0 Å². The van der Waals surface area contributed by atoms with Crippen molar-refractivity contribution in [2.75, 3.05) is 36.5 Å². The summed E-state index contributed by atoms with van der Waals surface area (Å²) in [5.41, 5.74) is 7.78. The van der Waals surface area contributed by atoms with Gasteiger partial charge in [-0.15, -0.1) is 0 Å². The predicted octanol–water partition coefficient (Wildman–Crippen LogP) is 1.22. The van der Waals surface area contributed by atoms with Crippen LogP contribution in [0.5, 0.6) is 0 Å². The monoisotopic (exact) mass is 392 g/mol. The summed E-state index contributed by atoms with van der Waals surface area (Å²) < 4.78 is 0. The minimum Gasteiger partial charge on any atom is -0.346 e. The number of carbonyl (C=O) groups is 3. The van der Waals surface area contributed by atoms with Gasteiger partial charge >= 0.3 is 0 Å². The Balaban J connectivity index is 1.92. The van der Waals surface area contributed by atoms with Crippen LogP contribution in [0.3, 0.4) is 0 Å². The predicted molar refractivity (Wildman–Crippen MR) is 109 cm³/mol. The average Bonchev–Trinajstić information content (AvgIpc) is 2.67. The first-order valence-electron chi connectivity index (χ1n) is 9.10. The van der Waals surface area contributed by atoms with Gasteiger partial charge in [0.15, 0.2) is 0 Å². The van der Waals surface area contributed by atoms with Crippen molar-refractivity contribution in [3.63, 3.8) is 0 Å². The van der Waals surface area contributed by atoms with Gasteiger partial charge in [-0.05, 0) is 36.6 Å². The molecule has 0 aromatic heterocycles. The van der Waals surface area contributed by atoms with Gasteiger partial charge in [0.25, 0.3) is 5.91 Å². The van der Waals surface area contributed by atoms with E-state index < -0.39 is 6.04 Å². The molecule has 0 bridgehead atoms. The number of thioether (sulfide) groups is 1. The fraction of sp³-hybridized carbons (Fsp3) is 0.526. The Kier molecular flexibility index (Phi) is 7.67. The lowest BCUT2D eigenvalue weighted by Gasteiger charge is -2.26. The summed E-state index contributed by atoms with van der Waals surface area (Å²) in [6.45, 7) is 6.91. The number of rotatable bonds is 6. The number of anilines is 1. The molecule has 3 amide bonds. The van der Waals surface area contributed by atoms with Crippen LogP contribution in [0.25, 0.3) is 0 Å². The lowest BCUT2D eigenvalue weighted by molar-refractivity contribution is -0.125. The zero-order valence-electron chi connectivity index (χ0n) is 16.1. The van der Waals surface area contributed by atoms with Crippen LogP contribution >= 0.6 is 11.8 Å². The van der Waals surface area contributed by atoms with Crippen molar-refractivity contribution in [1.82, 2.24) is 10.2 Å². The van der Waals surface area contributed by atoms with Gasteiger partial charge in [0.2, 0.25) is 11.8 Å². The highest BCUT2D eigenvalue weighted by molar-refractivity contribution is 7.99. The van der Waals surface area contributed by atoms with Crippen molar-refractivity contribution >= 4 is 35.2 Å². The minimum atomic E-state index is -0.641. The van der Waals surface area contributed by atoms with Crippen LogP contribution in [0.15, 0.2) is 18.2 Å². The molecule has 1 aromatic rings. The average molecular weight is 393 g/mol. The van der Waals surface area contributed by atoms with Gasteiger partial charge in [0, 0.05) is 35.8 Å². The molecular weight excluding hydrogens is 364 g/mol. The summed E-state index contributed by atoms with van der Waals surface area (Å²) in [7, 11) is 0. The number of amides is 3. The van der Waals surface area contributed by atoms with E-state index in [0.717, 1.165) is 30.2 Å². The third kappa shape index (κ3) is 5.97. The van der Waals surface area contributed by atoms with E-state index in [1.54, 1.807) is 18.2 Å². The van der Waals surface area contributed by atoms with Crippen LogP contribution in [0.1, 0.15) is 29.8 Å². The Hall–Kier alpha value is -2.06. The zero-order chi connectivity index (χ0) is 20.0. The zero-order valence-corrected chi connectivity index (χ0v) is 16.9. The fourth-order valence-corrected chi connectivity index (χ4v) is 3.57. The molecule has 7 nitrogen and oxygen atoms in total. The molecule has 1 aromatic carbocycles. The summed E-state index contributed by atoms with van der Waals surface area (Å²) in [6.07, 6.45) is 0. The molecule has 0 aliphatic carbocycles. The summed E-state index contributed by atoms with van der Waals surface area (Å²) in [5, 5.41) is 5.29. The number of hydrogen-bond acceptors (Lipinski definition) is 5. The van der Waals surface area contributed by atoms with E-state index in [0.29, 0.717) is 11.3 Å². The van der Waals surface area contributed by atoms with Gasteiger partial charge < -0.3 is 21.3 Å². The van der Waals surface area contributed by atoms with E-state index in [2.05, 4.69) is 10.6 Å². The molecule has 1 saturated heterocycles. The van der Waals surface area contributed by atoms with Gasteiger partial charge in [-0.3, -0.25) is 14.4 Å². The summed E-state index contributed by atoms with van der Waals surface area (Å²) in [5.74, 6) is 1.26. The first-order valence-corrected chi connectivity index (χ1v) is 10.3. The van der Waals surface area contributed by atoms with Crippen molar-refractivity contribution in [3.05, 3.63) is 29.3 Å². The van der Waals surface area contributed by atoms with Crippen LogP contribution in [0.2, 0.25) is 0 Å². The van der Waals surface area contributed by atoms with E-state index in [9.17, 15) is 14.4 Å². The van der Waals surface area contributed by atoms with Gasteiger partial charge in [-0.1, -0.05) is 13.8 Å². The Morgan fingerprint density at radius 3 is 2.48 bits per heavy atom. The van der Waals surface area contributed by atoms with Gasteiger partial charge in [-0.2, -0.15) is 11.8 Å². The maximum atomic E-state index is 12.6. The molecule has 1 aliphatic rings. The molecule has 1 aliphatic heterocycles. The van der Waals surface area contributed by atoms with Crippen LogP contribution < -0.4 is 16.4 Å². The minimum absolute atomic E-state index is 0.00103. The van der Waals surface area contributed by atoms with Gasteiger partial charge in [-0.25, -0.2) is 0 Å². The number of hydrogen-bond donors (Lipinski definition) is 3. The van der Waals surface area contributed by atoms with Gasteiger partial charge in [0.05, 0.1) is 12.6 Å². The normalized spacial score (nSPS) is 15.4. The van der Waals surface area contributed by atoms with Crippen molar-refractivity contribution in [2.45, 2.75) is 26.8 Å². The standard InChI is InChI=1S/C19H28N4O3S/c1-12(2)17(20)18(25)21-11-16(24)22-15-5-4-14(10-13(15)3)19(26)23-6-8-27-9-7-23/h4-5,10,12,17H,6-9,11,20H2,1-3H3,(H,21,25)(H,22,24)/t17-/m0/s1. The third-order valence-electron chi connectivity index (χ3n) is 4.49. The second-order valence-corrected chi connectivity index (χ2v) is 8.19. The van der Waals surface area contributed by atoms with Gasteiger partial charge in [0.1, 0.15) is 0 Å². The summed E-state index contributed by atoms with van der Waals surface area (Å²) >= 11 is 1.85. The first-order chi connectivity index (χ1) is 12.8. The first kappa shape index (κ1) is 21.2. The second kappa shape index (κ2) is 9.75. The molecule has 148 valence electrons. The van der Waals surface area contributed by atoms with Crippen molar-refractivity contribution < 1.29 is 14.4 Å². The molecular formula is C19H28N4O3S. The molecule has 27 heavy (non-hydrogen) atoms. The highest BCUT2D eigenvalue weighted by atomic mass is 32.2. The molecule has 1 fully saturated rings. The number of carbonyl (C=O) groups excluding carboxylic acids is 3. The summed E-state index contributed by atoms with van der Waals surface area (Å²) in [6, 6.07) is 4.59. The molecule has 0 radical (unpaired) electrons. The van der Waals surface area contributed by atoms with Crippen molar-refractivity contribution in [1.29, 1.82) is 0 Å². The van der Waals surface area contributed by atoms with Crippen LogP contribution in [0.4, 0.5) is 5.69 Å². The Labute approximate surface area is 164 Å². The Morgan fingerprint density at radius 2 is 1.89 bits per heavy atom. The lowest BCUT2D eigenvalue weighted by atomic mass is 10.1. The SMILES string of the molecule is Cc1cc(C(=O)N2CCSCC2)ccc1NC(=O)CNC(=O)[C@@H](N)C(C)C. The van der Waals surface area contributed by atoms with E-state index >= 15 is 0 Å². The second-order valence-electron chi connectivity index (χ2n) is 6.97. The smallest absolute Gasteiger partial charge is 0.253 e. The highest BCUT2D eigenvalue weighted by Gasteiger charge is 2.20. The van der Waals surface area contributed by atoms with E-state index in [-0.39, 0.29) is 30.2 Å². The molecule has 0 spiro atoms. The van der Waals surface area contributed by atoms with Crippen LogP contribution in [-0.4, -0.2) is 59.8 Å². The maximum Gasteiger partial charge on any atom is 0.253 e. The number of benzene rings is 1. The van der Waals surface area contributed by atoms with Crippen molar-refractivity contribution in [2.24, 2.45) is 11.7 Å². The summed E-state index contributed by atoms with van der Waals surface area (Å²) in [4.78, 5) is 38.3. The highest BCUT2D eigenvalue weighted by Crippen LogP contribution is 2.19. The lowest BCUT2D eigenvalue weighted by Crippen LogP contribution is -2.46. The largest absolute Gasteiger partial charge is 0.346 e. The van der Waals surface area contributed by atoms with E-state index in [1.807, 2.05) is 37.4 Å². The number of nitrogens with one attached hydrogen (secondary N) is 2. The number of nitrogens with zero attached hydrogens (tertiary/aromatic N) is 1. The molecule has 8 heteroatoms. The fourth-order valence-electron chi connectivity index (χ4n) is 2.67. The molecule has 1 atom stereocenters. The molecule has 1 heterocycles.